The molecule has 3 rings (SSSR count). The van der Waals surface area contributed by atoms with E-state index in [1.54, 1.807) is 11.4 Å². The summed E-state index contributed by atoms with van der Waals surface area (Å²) in [5.41, 5.74) is 6.71. The highest BCUT2D eigenvalue weighted by atomic mass is 32.1. The number of thiophene rings is 2. The van der Waals surface area contributed by atoms with Gasteiger partial charge in [-0.25, -0.2) is 0 Å². The number of hydrogen-bond acceptors (Lipinski definition) is 4. The molecule has 1 aliphatic rings. The van der Waals surface area contributed by atoms with Crippen molar-refractivity contribution in [3.05, 3.63) is 43.8 Å². The number of amides is 2. The predicted octanol–water partition coefficient (Wildman–Crippen LogP) is 2.37. The van der Waals surface area contributed by atoms with Crippen LogP contribution in [0.1, 0.15) is 36.9 Å². The highest BCUT2D eigenvalue weighted by Gasteiger charge is 2.18. The number of rotatable bonds is 2. The number of carbonyl (C=O) groups excluding carboxylic acids is 2. The largest absolute Gasteiger partial charge is 0.279 e. The van der Waals surface area contributed by atoms with Gasteiger partial charge in [0.25, 0.3) is 11.8 Å². The quantitative estimate of drug-likeness (QED) is 0.835. The average Bonchev–Trinajstić information content (AvgIpc) is 3.09. The third-order valence-corrected chi connectivity index (χ3v) is 4.96. The monoisotopic (exact) mass is 292 g/mol. The minimum absolute atomic E-state index is 0.247. The summed E-state index contributed by atoms with van der Waals surface area (Å²) in [4.78, 5) is 25.5. The molecular weight excluding hydrogens is 280 g/mol. The summed E-state index contributed by atoms with van der Waals surface area (Å²) in [6.45, 7) is 0. The molecule has 2 heterocycles. The van der Waals surface area contributed by atoms with Crippen LogP contribution in [0.5, 0.6) is 0 Å². The van der Waals surface area contributed by atoms with Crippen molar-refractivity contribution in [3.63, 3.8) is 0 Å². The Hall–Kier alpha value is -1.66. The van der Waals surface area contributed by atoms with Crippen LogP contribution in [0.25, 0.3) is 0 Å². The van der Waals surface area contributed by atoms with Gasteiger partial charge in [-0.1, -0.05) is 0 Å². The Balaban J connectivity index is 1.60. The topological polar surface area (TPSA) is 58.2 Å². The third kappa shape index (κ3) is 2.54. The van der Waals surface area contributed by atoms with Gasteiger partial charge in [0.1, 0.15) is 0 Å². The van der Waals surface area contributed by atoms with Gasteiger partial charge in [-0.2, -0.15) is 11.3 Å². The fourth-order valence-corrected chi connectivity index (χ4v) is 3.87. The maximum atomic E-state index is 11.9. The van der Waals surface area contributed by atoms with Gasteiger partial charge in [-0.05, 0) is 42.3 Å². The molecule has 4 nitrogen and oxygen atoms in total. The van der Waals surface area contributed by atoms with Gasteiger partial charge in [0.05, 0.1) is 10.4 Å². The smallest absolute Gasteiger partial charge is 0.267 e. The Morgan fingerprint density at radius 2 is 2.00 bits per heavy atom. The summed E-state index contributed by atoms with van der Waals surface area (Å²) in [7, 11) is 0. The number of hydrazine groups is 1. The number of fused-ring (bicyclic) bond motifs is 1. The molecule has 2 amide bonds. The summed E-state index contributed by atoms with van der Waals surface area (Å²) in [6, 6.07) is 3.64. The lowest BCUT2D eigenvalue weighted by Crippen LogP contribution is -2.41. The van der Waals surface area contributed by atoms with E-state index in [4.69, 9.17) is 0 Å². The Kier molecular flexibility index (Phi) is 3.35. The lowest BCUT2D eigenvalue weighted by molar-refractivity contribution is 0.0849. The molecule has 0 saturated carbocycles. The van der Waals surface area contributed by atoms with E-state index < -0.39 is 0 Å². The van der Waals surface area contributed by atoms with Crippen molar-refractivity contribution in [2.45, 2.75) is 19.3 Å². The molecule has 1 aliphatic carbocycles. The van der Waals surface area contributed by atoms with Crippen LogP contribution in [0.3, 0.4) is 0 Å². The Bertz CT molecular complexity index is 595. The number of nitrogens with one attached hydrogen (secondary N) is 2. The van der Waals surface area contributed by atoms with Crippen molar-refractivity contribution in [2.24, 2.45) is 0 Å². The zero-order valence-electron chi connectivity index (χ0n) is 10.1. The van der Waals surface area contributed by atoms with Gasteiger partial charge in [-0.3, -0.25) is 20.4 Å². The lowest BCUT2D eigenvalue weighted by Gasteiger charge is -2.04. The number of aryl methyl sites for hydroxylation is 2. The van der Waals surface area contributed by atoms with E-state index in [2.05, 4.69) is 10.9 Å². The van der Waals surface area contributed by atoms with Gasteiger partial charge in [-0.15, -0.1) is 11.3 Å². The zero-order chi connectivity index (χ0) is 13.2. The second kappa shape index (κ2) is 5.14. The molecule has 0 saturated heterocycles. The van der Waals surface area contributed by atoms with Crippen molar-refractivity contribution >= 4 is 34.5 Å². The van der Waals surface area contributed by atoms with Crippen LogP contribution in [0.2, 0.25) is 0 Å². The maximum Gasteiger partial charge on any atom is 0.279 e. The Morgan fingerprint density at radius 1 is 1.16 bits per heavy atom. The molecule has 0 unspecified atom stereocenters. The molecule has 2 N–H and O–H groups in total. The molecule has 0 aliphatic heterocycles. The van der Waals surface area contributed by atoms with Crippen molar-refractivity contribution in [3.8, 4) is 0 Å². The van der Waals surface area contributed by atoms with Crippen LogP contribution in [-0.4, -0.2) is 11.8 Å². The van der Waals surface area contributed by atoms with Crippen LogP contribution in [0.4, 0.5) is 0 Å². The highest BCUT2D eigenvalue weighted by molar-refractivity contribution is 7.14. The molecule has 0 atom stereocenters. The number of hydrogen-bond donors (Lipinski definition) is 2. The van der Waals surface area contributed by atoms with Crippen LogP contribution in [0, 0.1) is 0 Å². The third-order valence-electron chi connectivity index (χ3n) is 3.04. The van der Waals surface area contributed by atoms with E-state index in [0.29, 0.717) is 10.4 Å². The first kappa shape index (κ1) is 12.4. The van der Waals surface area contributed by atoms with Crippen molar-refractivity contribution in [1.82, 2.24) is 10.9 Å². The second-order valence-corrected chi connectivity index (χ2v) is 6.25. The van der Waals surface area contributed by atoms with E-state index >= 15 is 0 Å². The first-order valence-corrected chi connectivity index (χ1v) is 7.74. The van der Waals surface area contributed by atoms with Gasteiger partial charge in [0, 0.05) is 10.3 Å². The van der Waals surface area contributed by atoms with Crippen molar-refractivity contribution in [1.29, 1.82) is 0 Å². The summed E-state index contributed by atoms with van der Waals surface area (Å²) < 4.78 is 0. The van der Waals surface area contributed by atoms with Gasteiger partial charge < -0.3 is 0 Å². The van der Waals surface area contributed by atoms with Crippen LogP contribution < -0.4 is 10.9 Å². The summed E-state index contributed by atoms with van der Waals surface area (Å²) in [6.07, 6.45) is 3.30. The van der Waals surface area contributed by atoms with Gasteiger partial charge >= 0.3 is 0 Å². The molecule has 6 heteroatoms. The molecule has 0 aromatic carbocycles. The SMILES string of the molecule is O=C(NNC(=O)c1cc2c(s1)CCC2)c1ccsc1. The van der Waals surface area contributed by atoms with E-state index in [9.17, 15) is 9.59 Å². The van der Waals surface area contributed by atoms with E-state index in [1.165, 1.54) is 39.5 Å². The summed E-state index contributed by atoms with van der Waals surface area (Å²) >= 11 is 2.96. The lowest BCUT2D eigenvalue weighted by atomic mass is 10.2. The van der Waals surface area contributed by atoms with E-state index in [-0.39, 0.29) is 11.8 Å². The van der Waals surface area contributed by atoms with Crippen molar-refractivity contribution in [2.75, 3.05) is 0 Å². The summed E-state index contributed by atoms with van der Waals surface area (Å²) in [5.74, 6) is -0.540. The first-order valence-electron chi connectivity index (χ1n) is 5.98. The fraction of sp³-hybridized carbons (Fsp3) is 0.231. The minimum Gasteiger partial charge on any atom is -0.267 e. The molecule has 0 spiro atoms. The highest BCUT2D eigenvalue weighted by Crippen LogP contribution is 2.30. The normalized spacial score (nSPS) is 13.1. The van der Waals surface area contributed by atoms with Crippen molar-refractivity contribution < 1.29 is 9.59 Å². The molecule has 2 aromatic heterocycles. The average molecular weight is 292 g/mol. The van der Waals surface area contributed by atoms with Gasteiger partial charge in [0.15, 0.2) is 0 Å². The van der Waals surface area contributed by atoms with Crippen LogP contribution >= 0.6 is 22.7 Å². The molecule has 0 bridgehead atoms. The van der Waals surface area contributed by atoms with Crippen LogP contribution in [-0.2, 0) is 12.8 Å². The minimum atomic E-state index is -0.293. The number of carbonyl (C=O) groups is 2. The molecule has 0 radical (unpaired) electrons. The van der Waals surface area contributed by atoms with E-state index in [1.807, 2.05) is 11.4 Å². The molecule has 19 heavy (non-hydrogen) atoms. The fourth-order valence-electron chi connectivity index (χ4n) is 2.08. The standard InChI is InChI=1S/C13H12N2O2S2/c16-12(9-4-5-18-7-9)14-15-13(17)11-6-8-2-1-3-10(8)19-11/h4-7H,1-3H2,(H,14,16)(H,15,17). The second-order valence-electron chi connectivity index (χ2n) is 4.33. The van der Waals surface area contributed by atoms with Gasteiger partial charge in [0.2, 0.25) is 0 Å². The molecular formula is C13H12N2O2S2. The molecule has 2 aromatic rings. The van der Waals surface area contributed by atoms with E-state index in [0.717, 1.165) is 12.8 Å². The predicted molar refractivity (Wildman–Crippen MR) is 75.6 cm³/mol. The first-order chi connectivity index (χ1) is 9.24. The molecule has 0 fully saturated rings. The summed E-state index contributed by atoms with van der Waals surface area (Å²) in [5, 5.41) is 3.56. The zero-order valence-corrected chi connectivity index (χ0v) is 11.7. The Labute approximate surface area is 118 Å². The Morgan fingerprint density at radius 3 is 2.74 bits per heavy atom. The van der Waals surface area contributed by atoms with Crippen LogP contribution in [0.15, 0.2) is 22.9 Å². The maximum absolute atomic E-state index is 11.9. The molecule has 98 valence electrons.